The fourth-order valence-electron chi connectivity index (χ4n) is 2.00. The van der Waals surface area contributed by atoms with Gasteiger partial charge in [0.1, 0.15) is 5.75 Å². The van der Waals surface area contributed by atoms with E-state index in [1.807, 2.05) is 0 Å². The number of benzene rings is 1. The van der Waals surface area contributed by atoms with Crippen LogP contribution < -0.4 is 4.18 Å². The van der Waals surface area contributed by atoms with Crippen molar-refractivity contribution < 1.29 is 109 Å². The first kappa shape index (κ1) is 37.4. The zero-order valence-corrected chi connectivity index (χ0v) is 21.6. The van der Waals surface area contributed by atoms with Gasteiger partial charge in [0, 0.05) is 0 Å². The average molecular weight is 726 g/mol. The first-order valence-electron chi connectivity index (χ1n) is 8.80. The summed E-state index contributed by atoms with van der Waals surface area (Å²) in [6, 6.07) is -0.603. The molecule has 1 rings (SSSR count). The molecule has 0 amide bonds. The van der Waals surface area contributed by atoms with Crippen molar-refractivity contribution in [3.63, 3.8) is 0 Å². The summed E-state index contributed by atoms with van der Waals surface area (Å²) in [6.07, 6.45) is 0. The summed E-state index contributed by atoms with van der Waals surface area (Å²) in [4.78, 5) is 11.7. The molecule has 0 bridgehead atoms. The van der Waals surface area contributed by atoms with Crippen molar-refractivity contribution in [3.05, 3.63) is 29.8 Å². The molecular weight excluding hydrogens is 720 g/mol. The number of alkyl halides is 12. The molecule has 13 nitrogen and oxygen atoms in total. The van der Waals surface area contributed by atoms with Crippen molar-refractivity contribution in [3.8, 4) is 5.75 Å². The fraction of sp³-hybridized carbons (Fsp3) is 0.462. The van der Waals surface area contributed by atoms with Gasteiger partial charge >= 0.3 is 79.3 Å². The van der Waals surface area contributed by atoms with Gasteiger partial charge in [0.2, 0.25) is 0 Å². The van der Waals surface area contributed by atoms with Crippen molar-refractivity contribution in [2.75, 3.05) is 0 Å². The Morgan fingerprint density at radius 1 is 0.548 bits per heavy atom. The van der Waals surface area contributed by atoms with Crippen LogP contribution in [-0.4, -0.2) is 81.6 Å². The standard InChI is InChI=1S/C13H6F12O13S4/c14-8(15,10(18,19)39(27,28)29)12(22,23)41(33,34)37-6-3-1-5(2-4-6)7(26)38-42(35,36)13(24,25)9(16,17)11(20,21)40(30,31)32/h1-4H,(H,27,28,29)(H,30,31,32). The van der Waals surface area contributed by atoms with E-state index in [1.54, 1.807) is 0 Å². The van der Waals surface area contributed by atoms with E-state index >= 15 is 0 Å². The molecule has 0 radical (unpaired) electrons. The van der Waals surface area contributed by atoms with Gasteiger partial charge in [-0.25, -0.2) is 4.79 Å². The zero-order chi connectivity index (χ0) is 34.0. The van der Waals surface area contributed by atoms with E-state index in [-0.39, 0.29) is 24.3 Å². The summed E-state index contributed by atoms with van der Waals surface area (Å²) in [5.41, 5.74) is -1.54. The Morgan fingerprint density at radius 3 is 1.17 bits per heavy atom. The van der Waals surface area contributed by atoms with Gasteiger partial charge in [-0.3, -0.25) is 9.11 Å². The fourth-order valence-corrected chi connectivity index (χ4v) is 4.79. The normalized spacial score (nSPS) is 15.3. The molecule has 0 aromatic heterocycles. The largest absolute Gasteiger partial charge is 0.450 e. The lowest BCUT2D eigenvalue weighted by Crippen LogP contribution is -2.61. The van der Waals surface area contributed by atoms with Gasteiger partial charge < -0.3 is 8.37 Å². The minimum atomic E-state index is -7.65. The second kappa shape index (κ2) is 10.2. The Morgan fingerprint density at radius 2 is 0.857 bits per heavy atom. The molecule has 0 aliphatic rings. The van der Waals surface area contributed by atoms with Gasteiger partial charge in [-0.1, -0.05) is 0 Å². The summed E-state index contributed by atoms with van der Waals surface area (Å²) in [6.45, 7) is 0. The van der Waals surface area contributed by atoms with E-state index in [0.29, 0.717) is 0 Å². The van der Waals surface area contributed by atoms with E-state index in [0.717, 1.165) is 0 Å². The first-order valence-corrected chi connectivity index (χ1v) is 14.5. The maximum Gasteiger partial charge on any atom is 0.450 e. The molecular formula is C13H6F12O13S4. The SMILES string of the molecule is O=C(OS(=O)(=O)C(F)(F)C(F)(F)C(F)(F)S(=O)(=O)O)c1ccc(OS(=O)(=O)C(F)(F)C(F)(F)C(F)(F)S(=O)(=O)O)cc1. The van der Waals surface area contributed by atoms with Gasteiger partial charge in [0.15, 0.2) is 0 Å². The van der Waals surface area contributed by atoms with Crippen molar-refractivity contribution in [1.29, 1.82) is 0 Å². The lowest BCUT2D eigenvalue weighted by Gasteiger charge is -2.29. The van der Waals surface area contributed by atoms with E-state index in [4.69, 9.17) is 9.11 Å². The zero-order valence-electron chi connectivity index (χ0n) is 18.4. The first-order chi connectivity index (χ1) is 18.1. The minimum absolute atomic E-state index is 0.130. The predicted molar refractivity (Wildman–Crippen MR) is 103 cm³/mol. The Bertz CT molecular complexity index is 1670. The monoisotopic (exact) mass is 726 g/mol. The third kappa shape index (κ3) is 5.67. The van der Waals surface area contributed by atoms with Crippen LogP contribution >= 0.6 is 0 Å². The molecule has 0 aliphatic heterocycles. The number of hydrogen-bond donors (Lipinski definition) is 2. The summed E-state index contributed by atoms with van der Waals surface area (Å²) >= 11 is 0. The highest BCUT2D eigenvalue weighted by molar-refractivity contribution is 7.89. The van der Waals surface area contributed by atoms with Gasteiger partial charge in [0.25, 0.3) is 0 Å². The highest BCUT2D eigenvalue weighted by Gasteiger charge is 2.84. The highest BCUT2D eigenvalue weighted by atomic mass is 32.2. The van der Waals surface area contributed by atoms with Gasteiger partial charge in [-0.2, -0.15) is 86.4 Å². The number of rotatable bonds is 12. The van der Waals surface area contributed by atoms with Crippen molar-refractivity contribution in [2.24, 2.45) is 0 Å². The second-order valence-electron chi connectivity index (χ2n) is 7.05. The van der Waals surface area contributed by atoms with Gasteiger partial charge in [-0.15, -0.1) is 0 Å². The summed E-state index contributed by atoms with van der Waals surface area (Å²) in [5, 5.41) is -28.9. The molecule has 2 N–H and O–H groups in total. The van der Waals surface area contributed by atoms with Crippen LogP contribution in [0.15, 0.2) is 24.3 Å². The number of carbonyl (C=O) groups excluding carboxylic acids is 1. The topological polar surface area (TPSA) is 213 Å². The average Bonchev–Trinajstić information content (AvgIpc) is 2.76. The van der Waals surface area contributed by atoms with Crippen molar-refractivity contribution >= 4 is 46.4 Å². The molecule has 1 aromatic rings. The highest BCUT2D eigenvalue weighted by Crippen LogP contribution is 2.52. The van der Waals surface area contributed by atoms with Crippen LogP contribution in [0.25, 0.3) is 0 Å². The van der Waals surface area contributed by atoms with Gasteiger partial charge in [-0.05, 0) is 24.3 Å². The van der Waals surface area contributed by atoms with Crippen molar-refractivity contribution in [1.82, 2.24) is 0 Å². The molecule has 0 fully saturated rings. The molecule has 1 aromatic carbocycles. The summed E-state index contributed by atoms with van der Waals surface area (Å²) in [7, 11) is -29.9. The van der Waals surface area contributed by atoms with Crippen LogP contribution in [0.2, 0.25) is 0 Å². The maximum absolute atomic E-state index is 13.8. The molecule has 0 aliphatic carbocycles. The van der Waals surface area contributed by atoms with Crippen LogP contribution in [0.3, 0.4) is 0 Å². The Balaban J connectivity index is 3.35. The Hall–Kier alpha value is -2.63. The van der Waals surface area contributed by atoms with Gasteiger partial charge in [0.05, 0.1) is 5.56 Å². The smallest absolute Gasteiger partial charge is 0.378 e. The van der Waals surface area contributed by atoms with Crippen LogP contribution in [0, 0.1) is 0 Å². The number of hydrogen-bond acceptors (Lipinski definition) is 11. The van der Waals surface area contributed by atoms with Crippen LogP contribution in [-0.2, 0) is 44.7 Å². The van der Waals surface area contributed by atoms with Crippen LogP contribution in [0.4, 0.5) is 52.7 Å². The molecule has 42 heavy (non-hydrogen) atoms. The van der Waals surface area contributed by atoms with Crippen LogP contribution in [0.1, 0.15) is 10.4 Å². The molecule has 0 heterocycles. The van der Waals surface area contributed by atoms with E-state index in [9.17, 15) is 91.2 Å². The molecule has 0 spiro atoms. The maximum atomic E-state index is 13.8. The van der Waals surface area contributed by atoms with E-state index in [1.165, 1.54) is 0 Å². The molecule has 244 valence electrons. The number of halogens is 12. The lowest BCUT2D eigenvalue weighted by molar-refractivity contribution is -0.247. The quantitative estimate of drug-likeness (QED) is 0.180. The summed E-state index contributed by atoms with van der Waals surface area (Å²) in [5.74, 6) is -19.5. The Labute approximate surface area is 223 Å². The number of carbonyl (C=O) groups is 1. The third-order valence-electron chi connectivity index (χ3n) is 4.22. The molecule has 29 heteroatoms. The Kier molecular flexibility index (Phi) is 9.11. The second-order valence-corrected chi connectivity index (χ2v) is 13.2. The molecule has 0 atom stereocenters. The molecule has 0 unspecified atom stereocenters. The molecule has 0 saturated heterocycles. The molecule has 0 saturated carbocycles. The van der Waals surface area contributed by atoms with E-state index < -0.39 is 90.6 Å². The van der Waals surface area contributed by atoms with Crippen molar-refractivity contribution in [2.45, 2.75) is 32.9 Å². The van der Waals surface area contributed by atoms with E-state index in [2.05, 4.69) is 8.37 Å². The minimum Gasteiger partial charge on any atom is -0.378 e. The third-order valence-corrected chi connectivity index (χ3v) is 8.58. The lowest BCUT2D eigenvalue weighted by atomic mass is 10.2. The predicted octanol–water partition coefficient (Wildman–Crippen LogP) is 2.30. The van der Waals surface area contributed by atoms with Crippen LogP contribution in [0.5, 0.6) is 5.75 Å². The summed E-state index contributed by atoms with van der Waals surface area (Å²) < 4.78 is 271.